The number of aliphatic hydroxyl groups is 1. The first kappa shape index (κ1) is 17.9. The summed E-state index contributed by atoms with van der Waals surface area (Å²) < 4.78 is 5.96. The van der Waals surface area contributed by atoms with Crippen LogP contribution in [0.15, 0.2) is 40.1 Å². The molecule has 0 saturated heterocycles. The molecule has 1 aromatic rings. The van der Waals surface area contributed by atoms with E-state index in [0.29, 0.717) is 18.4 Å². The molecule has 0 bridgehead atoms. The van der Waals surface area contributed by atoms with Gasteiger partial charge in [0.25, 0.3) is 0 Å². The van der Waals surface area contributed by atoms with Gasteiger partial charge in [0.1, 0.15) is 5.76 Å². The van der Waals surface area contributed by atoms with E-state index in [-0.39, 0.29) is 34.7 Å². The van der Waals surface area contributed by atoms with Gasteiger partial charge in [0, 0.05) is 21.2 Å². The Bertz CT molecular complexity index is 715. The van der Waals surface area contributed by atoms with Crippen molar-refractivity contribution in [1.82, 2.24) is 0 Å². The second-order valence-corrected chi connectivity index (χ2v) is 7.44. The Balaban J connectivity index is 2.17. The Morgan fingerprint density at radius 2 is 2.04 bits per heavy atom. The second kappa shape index (κ2) is 7.15. The number of halogens is 1. The van der Waals surface area contributed by atoms with E-state index in [2.05, 4.69) is 15.9 Å². The number of benzene rings is 1. The van der Waals surface area contributed by atoms with Crippen molar-refractivity contribution < 1.29 is 19.6 Å². The summed E-state index contributed by atoms with van der Waals surface area (Å²) in [5.41, 5.74) is 0.693. The van der Waals surface area contributed by atoms with Gasteiger partial charge in [-0.2, -0.15) is 0 Å². The van der Waals surface area contributed by atoms with Gasteiger partial charge in [-0.05, 0) is 37.5 Å². The molecule has 1 fully saturated rings. The topological polar surface area (TPSA) is 89.7 Å². The van der Waals surface area contributed by atoms with Crippen LogP contribution < -0.4 is 0 Å². The van der Waals surface area contributed by atoms with Crippen LogP contribution in [0, 0.1) is 22.0 Å². The number of aliphatic hydroxyl groups excluding tert-OH is 1. The van der Waals surface area contributed by atoms with Crippen molar-refractivity contribution in [2.75, 3.05) is 6.61 Å². The van der Waals surface area contributed by atoms with Gasteiger partial charge in [0.05, 0.1) is 18.1 Å². The number of carbonyl (C=O) groups is 1. The maximum atomic E-state index is 12.5. The molecule has 4 atom stereocenters. The lowest BCUT2D eigenvalue weighted by molar-refractivity contribution is -0.537. The average molecular weight is 410 g/mol. The largest absolute Gasteiger partial charge is 0.511 e. The summed E-state index contributed by atoms with van der Waals surface area (Å²) in [7, 11) is 0. The van der Waals surface area contributed by atoms with Crippen molar-refractivity contribution in [2.24, 2.45) is 11.8 Å². The molecule has 0 aromatic heterocycles. The molecule has 2 aliphatic carbocycles. The Kier molecular flexibility index (Phi) is 5.13. The summed E-state index contributed by atoms with van der Waals surface area (Å²) in [6.45, 7) is 1.83. The molecule has 134 valence electrons. The zero-order chi connectivity index (χ0) is 18.1. The van der Waals surface area contributed by atoms with Crippen molar-refractivity contribution in [2.45, 2.75) is 38.1 Å². The third-order valence-corrected chi connectivity index (χ3v) is 5.78. The monoisotopic (exact) mass is 409 g/mol. The molecule has 1 N–H and O–H groups in total. The molecule has 6 nitrogen and oxygen atoms in total. The molecular formula is C18H20BrNO5. The first-order valence-corrected chi connectivity index (χ1v) is 9.24. The van der Waals surface area contributed by atoms with E-state index < -0.39 is 17.9 Å². The van der Waals surface area contributed by atoms with Crippen molar-refractivity contribution in [3.63, 3.8) is 0 Å². The third kappa shape index (κ3) is 3.17. The second-order valence-electron chi connectivity index (χ2n) is 6.53. The fraction of sp³-hybridized carbons (Fsp3) is 0.500. The van der Waals surface area contributed by atoms with Crippen molar-refractivity contribution in [3.8, 4) is 0 Å². The van der Waals surface area contributed by atoms with Gasteiger partial charge in [0.2, 0.25) is 6.04 Å². The van der Waals surface area contributed by atoms with E-state index in [1.807, 2.05) is 0 Å². The van der Waals surface area contributed by atoms with Gasteiger partial charge in [-0.1, -0.05) is 34.5 Å². The number of rotatable bonds is 4. The van der Waals surface area contributed by atoms with Crippen LogP contribution in [-0.2, 0) is 9.53 Å². The highest BCUT2D eigenvalue weighted by Gasteiger charge is 2.55. The summed E-state index contributed by atoms with van der Waals surface area (Å²) in [5.74, 6) is -2.08. The first-order chi connectivity index (χ1) is 12.0. The average Bonchev–Trinajstić information content (AvgIpc) is 3.05. The predicted molar refractivity (Wildman–Crippen MR) is 94.8 cm³/mol. The fourth-order valence-electron chi connectivity index (χ4n) is 4.27. The predicted octanol–water partition coefficient (Wildman–Crippen LogP) is 3.98. The van der Waals surface area contributed by atoms with E-state index in [1.54, 1.807) is 31.2 Å². The maximum absolute atomic E-state index is 12.5. The lowest BCUT2D eigenvalue weighted by atomic mass is 9.69. The van der Waals surface area contributed by atoms with Crippen LogP contribution >= 0.6 is 15.9 Å². The molecule has 0 amide bonds. The van der Waals surface area contributed by atoms with Crippen molar-refractivity contribution in [3.05, 3.63) is 55.7 Å². The molecule has 0 unspecified atom stereocenters. The van der Waals surface area contributed by atoms with Crippen LogP contribution in [0.2, 0.25) is 0 Å². The van der Waals surface area contributed by atoms with Crippen LogP contribution in [0.5, 0.6) is 0 Å². The summed E-state index contributed by atoms with van der Waals surface area (Å²) in [5, 5.41) is 22.7. The van der Waals surface area contributed by atoms with Gasteiger partial charge in [-0.3, -0.25) is 10.1 Å². The van der Waals surface area contributed by atoms with E-state index in [0.717, 1.165) is 10.9 Å². The fourth-order valence-corrected chi connectivity index (χ4v) is 4.53. The van der Waals surface area contributed by atoms with E-state index in [4.69, 9.17) is 4.74 Å². The first-order valence-electron chi connectivity index (χ1n) is 8.44. The van der Waals surface area contributed by atoms with E-state index in [1.165, 1.54) is 0 Å². The van der Waals surface area contributed by atoms with Crippen LogP contribution in [0.25, 0.3) is 0 Å². The molecule has 0 aliphatic heterocycles. The normalized spacial score (nSPS) is 28.6. The standard InChI is InChI=1S/C18H20BrNO5/c1-2-25-18(22)15-14(10-6-8-11(19)9-7-10)16(20(23)24)12-4-3-5-13(12)17(15)21/h6-9,12-14,16,21H,2-5H2,1H3/t12-,13+,14-,16+/m1/s1. The molecule has 0 spiro atoms. The zero-order valence-corrected chi connectivity index (χ0v) is 15.4. The SMILES string of the molecule is CCOC(=O)C1=C(O)[C@H]2CCC[C@H]2[C@H]([N+](=O)[O-])[C@@H]1c1ccc(Br)cc1. The number of hydrogen-bond donors (Lipinski definition) is 1. The minimum atomic E-state index is -0.941. The van der Waals surface area contributed by atoms with Crippen LogP contribution in [-0.4, -0.2) is 28.6 Å². The Hall–Kier alpha value is -1.89. The van der Waals surface area contributed by atoms with Crippen molar-refractivity contribution in [1.29, 1.82) is 0 Å². The Morgan fingerprint density at radius 1 is 1.36 bits per heavy atom. The molecule has 0 heterocycles. The molecule has 1 saturated carbocycles. The molecule has 1 aromatic carbocycles. The van der Waals surface area contributed by atoms with E-state index in [9.17, 15) is 20.0 Å². The minimum Gasteiger partial charge on any atom is -0.511 e. The Labute approximate surface area is 154 Å². The number of nitro groups is 1. The van der Waals surface area contributed by atoms with Gasteiger partial charge in [0.15, 0.2) is 0 Å². The third-order valence-electron chi connectivity index (χ3n) is 5.26. The molecular weight excluding hydrogens is 390 g/mol. The number of hydrogen-bond acceptors (Lipinski definition) is 5. The quantitative estimate of drug-likeness (QED) is 0.461. The molecule has 7 heteroatoms. The molecule has 2 aliphatic rings. The van der Waals surface area contributed by atoms with Crippen LogP contribution in [0.4, 0.5) is 0 Å². The lowest BCUT2D eigenvalue weighted by Gasteiger charge is -2.35. The lowest BCUT2D eigenvalue weighted by Crippen LogP contribution is -2.44. The zero-order valence-electron chi connectivity index (χ0n) is 13.9. The number of esters is 1. The van der Waals surface area contributed by atoms with Gasteiger partial charge in [-0.15, -0.1) is 0 Å². The summed E-state index contributed by atoms with van der Waals surface area (Å²) in [6.07, 6.45) is 2.16. The molecule has 25 heavy (non-hydrogen) atoms. The number of carbonyl (C=O) groups excluding carboxylic acids is 1. The van der Waals surface area contributed by atoms with Gasteiger partial charge >= 0.3 is 5.97 Å². The molecule has 0 radical (unpaired) electrons. The highest BCUT2D eigenvalue weighted by atomic mass is 79.9. The maximum Gasteiger partial charge on any atom is 0.338 e. The number of ether oxygens (including phenoxy) is 1. The Morgan fingerprint density at radius 3 is 2.64 bits per heavy atom. The highest BCUT2D eigenvalue weighted by molar-refractivity contribution is 9.10. The number of nitrogens with zero attached hydrogens (tertiary/aromatic N) is 1. The van der Waals surface area contributed by atoms with Crippen molar-refractivity contribution >= 4 is 21.9 Å². The van der Waals surface area contributed by atoms with Crippen LogP contribution in [0.3, 0.4) is 0 Å². The summed E-state index contributed by atoms with van der Waals surface area (Å²) >= 11 is 3.35. The number of allylic oxidation sites excluding steroid dienone is 1. The van der Waals surface area contributed by atoms with E-state index >= 15 is 0 Å². The number of fused-ring (bicyclic) bond motifs is 1. The van der Waals surface area contributed by atoms with Gasteiger partial charge in [-0.25, -0.2) is 4.79 Å². The van der Waals surface area contributed by atoms with Crippen LogP contribution in [0.1, 0.15) is 37.7 Å². The summed E-state index contributed by atoms with van der Waals surface area (Å²) in [6, 6.07) is 6.14. The highest BCUT2D eigenvalue weighted by Crippen LogP contribution is 2.51. The van der Waals surface area contributed by atoms with Gasteiger partial charge < -0.3 is 9.84 Å². The minimum absolute atomic E-state index is 0.0213. The smallest absolute Gasteiger partial charge is 0.338 e. The summed E-state index contributed by atoms with van der Waals surface area (Å²) in [4.78, 5) is 24.2. The molecule has 3 rings (SSSR count).